The molecule has 2 nitrogen and oxygen atoms in total. The van der Waals surface area contributed by atoms with Gasteiger partial charge in [0.1, 0.15) is 0 Å². The SMILES string of the molecule is c1ccc(N(c2ccc(-c3ccc(-c4ccccc4-n4c5ccccc5c5ccccc54)cc3)cc2)c2ccc(-c3ccc4c(ccc5ccccc54)c3)cc2)cc1. The summed E-state index contributed by atoms with van der Waals surface area (Å²) >= 11 is 0. The molecular weight excluding hydrogens is 701 g/mol. The van der Waals surface area contributed by atoms with Crippen molar-refractivity contribution in [3.05, 3.63) is 231 Å². The number of rotatable bonds is 7. The van der Waals surface area contributed by atoms with Gasteiger partial charge in [0.05, 0.1) is 16.7 Å². The van der Waals surface area contributed by atoms with Crippen LogP contribution in [0.3, 0.4) is 0 Å². The van der Waals surface area contributed by atoms with E-state index in [2.05, 4.69) is 240 Å². The van der Waals surface area contributed by atoms with Gasteiger partial charge in [0.2, 0.25) is 0 Å². The summed E-state index contributed by atoms with van der Waals surface area (Å²) in [4.78, 5) is 2.33. The van der Waals surface area contributed by atoms with Crippen molar-refractivity contribution in [2.24, 2.45) is 0 Å². The van der Waals surface area contributed by atoms with E-state index in [0.29, 0.717) is 0 Å². The summed E-state index contributed by atoms with van der Waals surface area (Å²) in [5.41, 5.74) is 14.1. The largest absolute Gasteiger partial charge is 0.311 e. The highest BCUT2D eigenvalue weighted by molar-refractivity contribution is 6.10. The van der Waals surface area contributed by atoms with Crippen LogP contribution in [0.2, 0.25) is 0 Å². The van der Waals surface area contributed by atoms with E-state index in [4.69, 9.17) is 0 Å². The molecule has 0 amide bonds. The van der Waals surface area contributed by atoms with Gasteiger partial charge >= 0.3 is 0 Å². The van der Waals surface area contributed by atoms with E-state index in [9.17, 15) is 0 Å². The van der Waals surface area contributed by atoms with E-state index < -0.39 is 0 Å². The van der Waals surface area contributed by atoms with Gasteiger partial charge in [-0.2, -0.15) is 0 Å². The van der Waals surface area contributed by atoms with E-state index in [0.717, 1.165) is 17.1 Å². The Labute approximate surface area is 338 Å². The molecule has 272 valence electrons. The molecular formula is C56H38N2. The molecule has 0 aliphatic heterocycles. The number of aromatic nitrogens is 1. The summed E-state index contributed by atoms with van der Waals surface area (Å²) in [6.07, 6.45) is 0. The molecule has 0 atom stereocenters. The predicted octanol–water partition coefficient (Wildman–Crippen LogP) is 15.6. The first kappa shape index (κ1) is 33.6. The molecule has 10 aromatic carbocycles. The Morgan fingerprint density at radius 2 is 0.724 bits per heavy atom. The summed E-state index contributed by atoms with van der Waals surface area (Å²) < 4.78 is 2.41. The van der Waals surface area contributed by atoms with E-state index in [1.165, 1.54) is 82.4 Å². The van der Waals surface area contributed by atoms with E-state index >= 15 is 0 Å². The number of hydrogen-bond donors (Lipinski definition) is 0. The molecule has 0 saturated carbocycles. The average Bonchev–Trinajstić information content (AvgIpc) is 3.64. The maximum atomic E-state index is 2.41. The Kier molecular flexibility index (Phi) is 8.19. The maximum absolute atomic E-state index is 2.41. The van der Waals surface area contributed by atoms with Gasteiger partial charge in [-0.1, -0.05) is 170 Å². The molecule has 1 heterocycles. The fraction of sp³-hybridized carbons (Fsp3) is 0. The summed E-state index contributed by atoms with van der Waals surface area (Å²) in [6.45, 7) is 0. The van der Waals surface area contributed by atoms with Crippen LogP contribution < -0.4 is 4.90 Å². The summed E-state index contributed by atoms with van der Waals surface area (Å²) in [5, 5.41) is 7.64. The highest BCUT2D eigenvalue weighted by Crippen LogP contribution is 2.39. The molecule has 0 aliphatic carbocycles. The third-order valence-corrected chi connectivity index (χ3v) is 11.6. The van der Waals surface area contributed by atoms with Crippen LogP contribution in [0.1, 0.15) is 0 Å². The third kappa shape index (κ3) is 5.82. The zero-order chi connectivity index (χ0) is 38.4. The minimum Gasteiger partial charge on any atom is -0.311 e. The lowest BCUT2D eigenvalue weighted by Gasteiger charge is -2.26. The van der Waals surface area contributed by atoms with E-state index in [-0.39, 0.29) is 0 Å². The minimum absolute atomic E-state index is 1.11. The summed E-state index contributed by atoms with van der Waals surface area (Å²) in [7, 11) is 0. The molecule has 0 spiro atoms. The van der Waals surface area contributed by atoms with Gasteiger partial charge in [-0.25, -0.2) is 0 Å². The van der Waals surface area contributed by atoms with Crippen LogP contribution in [0.4, 0.5) is 17.1 Å². The first-order valence-electron chi connectivity index (χ1n) is 19.9. The Morgan fingerprint density at radius 1 is 0.276 bits per heavy atom. The third-order valence-electron chi connectivity index (χ3n) is 11.6. The summed E-state index contributed by atoms with van der Waals surface area (Å²) in [6, 6.07) is 83.5. The molecule has 0 radical (unpaired) electrons. The van der Waals surface area contributed by atoms with Gasteiger partial charge in [0.15, 0.2) is 0 Å². The van der Waals surface area contributed by atoms with Gasteiger partial charge in [0.25, 0.3) is 0 Å². The molecule has 0 unspecified atom stereocenters. The van der Waals surface area contributed by atoms with E-state index in [1.807, 2.05) is 0 Å². The molecule has 11 rings (SSSR count). The van der Waals surface area contributed by atoms with Crippen LogP contribution in [0, 0.1) is 0 Å². The quantitative estimate of drug-likeness (QED) is 0.148. The molecule has 0 fully saturated rings. The van der Waals surface area contributed by atoms with Crippen LogP contribution in [0.15, 0.2) is 231 Å². The van der Waals surface area contributed by atoms with Crippen molar-refractivity contribution in [1.82, 2.24) is 4.57 Å². The first-order valence-corrected chi connectivity index (χ1v) is 19.9. The second-order valence-electron chi connectivity index (χ2n) is 15.0. The number of fused-ring (bicyclic) bond motifs is 6. The molecule has 2 heteroatoms. The van der Waals surface area contributed by atoms with Crippen molar-refractivity contribution in [1.29, 1.82) is 0 Å². The monoisotopic (exact) mass is 738 g/mol. The fourth-order valence-electron chi connectivity index (χ4n) is 8.76. The van der Waals surface area contributed by atoms with Crippen LogP contribution in [0.25, 0.3) is 82.4 Å². The van der Waals surface area contributed by atoms with E-state index in [1.54, 1.807) is 0 Å². The molecule has 1 aromatic heterocycles. The minimum atomic E-state index is 1.11. The molecule has 0 N–H and O–H groups in total. The van der Waals surface area contributed by atoms with Crippen LogP contribution in [0.5, 0.6) is 0 Å². The highest BCUT2D eigenvalue weighted by Gasteiger charge is 2.16. The molecule has 0 bridgehead atoms. The zero-order valence-corrected chi connectivity index (χ0v) is 31.8. The van der Waals surface area contributed by atoms with Crippen molar-refractivity contribution in [3.63, 3.8) is 0 Å². The Morgan fingerprint density at radius 3 is 1.40 bits per heavy atom. The topological polar surface area (TPSA) is 8.17 Å². The van der Waals surface area contributed by atoms with Crippen molar-refractivity contribution >= 4 is 60.4 Å². The average molecular weight is 739 g/mol. The number of nitrogens with zero attached hydrogens (tertiary/aromatic N) is 2. The normalized spacial score (nSPS) is 11.4. The van der Waals surface area contributed by atoms with Gasteiger partial charge in [0, 0.05) is 33.4 Å². The number of hydrogen-bond acceptors (Lipinski definition) is 1. The molecule has 0 aliphatic rings. The number of para-hydroxylation sites is 4. The second kappa shape index (κ2) is 14.1. The van der Waals surface area contributed by atoms with Gasteiger partial charge in [-0.3, -0.25) is 0 Å². The lowest BCUT2D eigenvalue weighted by Crippen LogP contribution is -2.09. The van der Waals surface area contributed by atoms with Crippen molar-refractivity contribution < 1.29 is 0 Å². The standard InChI is InChI=1S/C56H38N2/c1-2-13-46(14-3-1)57(48-35-30-41(31-36-48)44-32-37-50-45(38-44)27-26-42-12-4-5-15-49(42)50)47-33-28-40(29-34-47)39-22-24-43(25-23-39)51-16-6-9-19-54(51)58-55-20-10-7-17-52(55)53-18-8-11-21-56(53)58/h1-38H. The van der Waals surface area contributed by atoms with Gasteiger partial charge in [-0.05, 0) is 110 Å². The van der Waals surface area contributed by atoms with Gasteiger partial charge < -0.3 is 9.47 Å². The summed E-state index contributed by atoms with van der Waals surface area (Å²) in [5.74, 6) is 0. The van der Waals surface area contributed by atoms with Crippen LogP contribution in [-0.2, 0) is 0 Å². The van der Waals surface area contributed by atoms with Gasteiger partial charge in [-0.15, -0.1) is 0 Å². The van der Waals surface area contributed by atoms with Crippen LogP contribution in [-0.4, -0.2) is 4.57 Å². The highest BCUT2D eigenvalue weighted by atomic mass is 15.1. The number of benzene rings is 10. The van der Waals surface area contributed by atoms with Crippen LogP contribution >= 0.6 is 0 Å². The number of anilines is 3. The molecule has 11 aromatic rings. The lowest BCUT2D eigenvalue weighted by molar-refractivity contribution is 1.18. The Hall–Kier alpha value is -7.68. The lowest BCUT2D eigenvalue weighted by atomic mass is 9.97. The smallest absolute Gasteiger partial charge is 0.0541 e. The fourth-order valence-corrected chi connectivity index (χ4v) is 8.76. The first-order chi connectivity index (χ1) is 28.8. The Bertz CT molecular complexity index is 3200. The predicted molar refractivity (Wildman–Crippen MR) is 247 cm³/mol. The molecule has 0 saturated heterocycles. The van der Waals surface area contributed by atoms with Crippen molar-refractivity contribution in [3.8, 4) is 39.1 Å². The zero-order valence-electron chi connectivity index (χ0n) is 31.8. The maximum Gasteiger partial charge on any atom is 0.0541 e. The molecule has 58 heavy (non-hydrogen) atoms. The Balaban J connectivity index is 0.895. The van der Waals surface area contributed by atoms with Crippen molar-refractivity contribution in [2.75, 3.05) is 4.90 Å². The van der Waals surface area contributed by atoms with Crippen molar-refractivity contribution in [2.45, 2.75) is 0 Å². The second-order valence-corrected chi connectivity index (χ2v) is 15.0.